The number of nitrogens with zero attached hydrogens (tertiary/aromatic N) is 4. The van der Waals surface area contributed by atoms with Gasteiger partial charge in [0.1, 0.15) is 5.75 Å². The summed E-state index contributed by atoms with van der Waals surface area (Å²) in [6.45, 7) is 4.04. The highest BCUT2D eigenvalue weighted by atomic mass is 16.5. The van der Waals surface area contributed by atoms with Crippen molar-refractivity contribution >= 4 is 17.6 Å². The molecule has 1 unspecified atom stereocenters. The van der Waals surface area contributed by atoms with E-state index in [9.17, 15) is 0 Å². The lowest BCUT2D eigenvalue weighted by Gasteiger charge is -2.33. The molecule has 1 atom stereocenters. The van der Waals surface area contributed by atoms with Crippen molar-refractivity contribution in [1.29, 1.82) is 0 Å². The summed E-state index contributed by atoms with van der Waals surface area (Å²) >= 11 is 0. The predicted molar refractivity (Wildman–Crippen MR) is 105 cm³/mol. The van der Waals surface area contributed by atoms with Crippen LogP contribution in [0.3, 0.4) is 0 Å². The Morgan fingerprint density at radius 3 is 2.85 bits per heavy atom. The zero-order chi connectivity index (χ0) is 17.8. The van der Waals surface area contributed by atoms with Crippen molar-refractivity contribution in [2.75, 3.05) is 43.1 Å². The van der Waals surface area contributed by atoms with E-state index in [1.165, 1.54) is 5.69 Å². The molecule has 1 N–H and O–H groups in total. The van der Waals surface area contributed by atoms with E-state index < -0.39 is 0 Å². The molecule has 6 heteroatoms. The second kappa shape index (κ2) is 7.58. The van der Waals surface area contributed by atoms with Crippen LogP contribution in [0.1, 0.15) is 11.7 Å². The van der Waals surface area contributed by atoms with Gasteiger partial charge in [0, 0.05) is 68.3 Å². The molecule has 0 spiro atoms. The number of ether oxygens (including phenoxy) is 1. The maximum absolute atomic E-state index is 5.73. The fourth-order valence-electron chi connectivity index (χ4n) is 3.40. The van der Waals surface area contributed by atoms with Gasteiger partial charge in [-0.3, -0.25) is 9.98 Å². The van der Waals surface area contributed by atoms with E-state index in [-0.39, 0.29) is 6.17 Å². The summed E-state index contributed by atoms with van der Waals surface area (Å²) in [7, 11) is 1.72. The lowest BCUT2D eigenvalue weighted by Crippen LogP contribution is -2.43. The zero-order valence-electron chi connectivity index (χ0n) is 14.9. The Kier molecular flexibility index (Phi) is 4.84. The molecule has 2 aliphatic rings. The van der Waals surface area contributed by atoms with Gasteiger partial charge in [0.2, 0.25) is 0 Å². The minimum atomic E-state index is -0.146. The average Bonchev–Trinajstić information content (AvgIpc) is 2.74. The summed E-state index contributed by atoms with van der Waals surface area (Å²) in [5.41, 5.74) is 3.23. The van der Waals surface area contributed by atoms with E-state index >= 15 is 0 Å². The topological polar surface area (TPSA) is 53.0 Å². The minimum Gasteiger partial charge on any atom is -0.494 e. The van der Waals surface area contributed by atoms with Crippen LogP contribution < -0.4 is 19.9 Å². The summed E-state index contributed by atoms with van der Waals surface area (Å²) in [5.74, 6) is 0.844. The van der Waals surface area contributed by atoms with Crippen LogP contribution >= 0.6 is 0 Å². The highest BCUT2D eigenvalue weighted by Crippen LogP contribution is 2.38. The third kappa shape index (κ3) is 3.28. The van der Waals surface area contributed by atoms with Gasteiger partial charge in [0.25, 0.3) is 0 Å². The van der Waals surface area contributed by atoms with Crippen LogP contribution in [0, 0.1) is 0 Å². The van der Waals surface area contributed by atoms with Gasteiger partial charge in [-0.1, -0.05) is 6.07 Å². The Bertz CT molecular complexity index is 799. The molecule has 6 nitrogen and oxygen atoms in total. The van der Waals surface area contributed by atoms with Crippen molar-refractivity contribution in [3.63, 3.8) is 0 Å². The lowest BCUT2D eigenvalue weighted by atomic mass is 10.1. The molecule has 26 heavy (non-hydrogen) atoms. The van der Waals surface area contributed by atoms with Crippen LogP contribution in [0.4, 0.5) is 11.4 Å². The number of aliphatic imine (C=N–C) groups is 1. The van der Waals surface area contributed by atoms with Gasteiger partial charge in [-0.15, -0.1) is 0 Å². The largest absolute Gasteiger partial charge is 0.494 e. The van der Waals surface area contributed by atoms with Crippen molar-refractivity contribution in [3.8, 4) is 5.75 Å². The molecular formula is C20H23N5O. The second-order valence-corrected chi connectivity index (χ2v) is 6.30. The summed E-state index contributed by atoms with van der Waals surface area (Å²) < 4.78 is 5.73. The number of piperazine rings is 1. The molecule has 0 bridgehead atoms. The van der Waals surface area contributed by atoms with Gasteiger partial charge in [0.05, 0.1) is 12.8 Å². The zero-order valence-corrected chi connectivity index (χ0v) is 14.9. The first-order chi connectivity index (χ1) is 12.9. The van der Waals surface area contributed by atoms with Gasteiger partial charge < -0.3 is 19.9 Å². The molecule has 1 saturated heterocycles. The molecule has 0 radical (unpaired) electrons. The smallest absolute Gasteiger partial charge is 0.152 e. The van der Waals surface area contributed by atoms with Gasteiger partial charge in [-0.25, -0.2) is 0 Å². The molecule has 3 heterocycles. The van der Waals surface area contributed by atoms with E-state index in [0.717, 1.165) is 43.2 Å². The normalized spacial score (nSPS) is 19.7. The van der Waals surface area contributed by atoms with E-state index in [4.69, 9.17) is 4.74 Å². The van der Waals surface area contributed by atoms with E-state index in [2.05, 4.69) is 43.3 Å². The third-order valence-corrected chi connectivity index (χ3v) is 4.73. The van der Waals surface area contributed by atoms with Crippen LogP contribution in [0.25, 0.3) is 0 Å². The second-order valence-electron chi connectivity index (χ2n) is 6.30. The van der Waals surface area contributed by atoms with Crippen LogP contribution in [0.5, 0.6) is 5.75 Å². The molecule has 2 aliphatic heterocycles. The number of allylic oxidation sites excluding steroid dienone is 1. The van der Waals surface area contributed by atoms with E-state index in [1.54, 1.807) is 13.3 Å². The lowest BCUT2D eigenvalue weighted by molar-refractivity contribution is 0.414. The van der Waals surface area contributed by atoms with Crippen molar-refractivity contribution in [3.05, 3.63) is 60.6 Å². The van der Waals surface area contributed by atoms with Crippen LogP contribution in [-0.2, 0) is 0 Å². The van der Waals surface area contributed by atoms with Crippen molar-refractivity contribution in [1.82, 2.24) is 10.3 Å². The number of hydrogen-bond donors (Lipinski definition) is 1. The fourth-order valence-corrected chi connectivity index (χ4v) is 3.40. The predicted octanol–water partition coefficient (Wildman–Crippen LogP) is 2.60. The van der Waals surface area contributed by atoms with Crippen LogP contribution in [-0.4, -0.2) is 44.5 Å². The number of nitrogens with one attached hydrogen (secondary N) is 1. The summed E-state index contributed by atoms with van der Waals surface area (Å²) in [5, 5.41) is 3.39. The molecule has 0 aliphatic carbocycles. The fraction of sp³-hybridized carbons (Fsp3) is 0.300. The molecule has 134 valence electrons. The number of aromatic nitrogens is 1. The third-order valence-electron chi connectivity index (χ3n) is 4.73. The first-order valence-corrected chi connectivity index (χ1v) is 8.89. The number of pyridine rings is 1. The Morgan fingerprint density at radius 1 is 1.19 bits per heavy atom. The molecule has 0 saturated carbocycles. The highest BCUT2D eigenvalue weighted by Gasteiger charge is 2.23. The van der Waals surface area contributed by atoms with Gasteiger partial charge in [-0.05, 0) is 24.3 Å². The molecule has 1 aromatic carbocycles. The number of benzene rings is 1. The highest BCUT2D eigenvalue weighted by molar-refractivity contribution is 5.77. The Balaban J connectivity index is 1.67. The molecular weight excluding hydrogens is 326 g/mol. The molecule has 2 aromatic rings. The Labute approximate surface area is 153 Å². The van der Waals surface area contributed by atoms with Gasteiger partial charge >= 0.3 is 0 Å². The van der Waals surface area contributed by atoms with E-state index in [0.29, 0.717) is 0 Å². The maximum atomic E-state index is 5.73. The maximum Gasteiger partial charge on any atom is 0.152 e. The molecule has 1 fully saturated rings. The SMILES string of the molecule is COc1cc(N2CCNCC2)ccc1N1C=CC=NC1c1cccnc1. The van der Waals surface area contributed by atoms with Crippen molar-refractivity contribution in [2.24, 2.45) is 4.99 Å². The summed E-state index contributed by atoms with van der Waals surface area (Å²) in [4.78, 5) is 13.4. The summed E-state index contributed by atoms with van der Waals surface area (Å²) in [6.07, 6.45) is 9.29. The van der Waals surface area contributed by atoms with Crippen LogP contribution in [0.15, 0.2) is 60.0 Å². The van der Waals surface area contributed by atoms with Crippen molar-refractivity contribution in [2.45, 2.75) is 6.17 Å². The molecule has 4 rings (SSSR count). The quantitative estimate of drug-likeness (QED) is 0.920. The number of hydrogen-bond acceptors (Lipinski definition) is 6. The minimum absolute atomic E-state index is 0.146. The van der Waals surface area contributed by atoms with Gasteiger partial charge in [-0.2, -0.15) is 0 Å². The summed E-state index contributed by atoms with van der Waals surface area (Å²) in [6, 6.07) is 10.4. The Hall–Kier alpha value is -2.86. The van der Waals surface area contributed by atoms with E-state index in [1.807, 2.05) is 36.8 Å². The number of methoxy groups -OCH3 is 1. The Morgan fingerprint density at radius 2 is 2.08 bits per heavy atom. The molecule has 1 aromatic heterocycles. The van der Waals surface area contributed by atoms with Crippen LogP contribution in [0.2, 0.25) is 0 Å². The number of anilines is 2. The van der Waals surface area contributed by atoms with Gasteiger partial charge in [0.15, 0.2) is 6.17 Å². The monoisotopic (exact) mass is 349 g/mol. The number of rotatable bonds is 4. The average molecular weight is 349 g/mol. The first kappa shape index (κ1) is 16.6. The standard InChI is InChI=1S/C20H23N5O/c1-26-19-14-17(24-12-9-21-10-13-24)5-6-18(19)25-11-3-8-23-20(25)16-4-2-7-22-15-16/h2-8,11,14-15,20-21H,9-10,12-13H2,1H3. The van der Waals surface area contributed by atoms with Crippen molar-refractivity contribution < 1.29 is 4.74 Å². The first-order valence-electron chi connectivity index (χ1n) is 8.89. The molecule has 0 amide bonds.